The number of likely N-dealkylation sites (tertiary alicyclic amines) is 1. The zero-order valence-electron chi connectivity index (χ0n) is 11.6. The summed E-state index contributed by atoms with van der Waals surface area (Å²) in [6, 6.07) is 4.06. The molecular weight excluding hydrogens is 270 g/mol. The Hall–Kier alpha value is -2.25. The molecule has 0 unspecified atom stereocenters. The van der Waals surface area contributed by atoms with Gasteiger partial charge in [-0.2, -0.15) is 0 Å². The molecule has 0 atom stereocenters. The zero-order valence-corrected chi connectivity index (χ0v) is 11.6. The molecule has 2 fully saturated rings. The van der Waals surface area contributed by atoms with Crippen molar-refractivity contribution in [1.29, 1.82) is 0 Å². The van der Waals surface area contributed by atoms with Crippen LogP contribution in [0, 0.1) is 5.92 Å². The van der Waals surface area contributed by atoms with Crippen LogP contribution >= 0.6 is 0 Å². The summed E-state index contributed by atoms with van der Waals surface area (Å²) in [4.78, 5) is 14.0. The number of carbonyl (C=O) groups is 1. The lowest BCUT2D eigenvalue weighted by Gasteiger charge is -2.32. The largest absolute Gasteiger partial charge is 0.366 e. The molecule has 2 aromatic heterocycles. The zero-order chi connectivity index (χ0) is 14.2. The van der Waals surface area contributed by atoms with Gasteiger partial charge in [-0.15, -0.1) is 14.8 Å². The lowest BCUT2D eigenvalue weighted by Crippen LogP contribution is -2.43. The number of carbonyl (C=O) groups excluding carboxylic acids is 1. The van der Waals surface area contributed by atoms with Crippen molar-refractivity contribution in [3.05, 3.63) is 12.1 Å². The summed E-state index contributed by atoms with van der Waals surface area (Å²) in [6.45, 7) is 1.67. The molecule has 1 saturated heterocycles. The molecule has 110 valence electrons. The molecule has 2 aromatic rings. The Kier molecular flexibility index (Phi) is 2.94. The van der Waals surface area contributed by atoms with Crippen LogP contribution in [0.25, 0.3) is 5.65 Å². The first-order chi connectivity index (χ1) is 10.3. The number of hydrogen-bond donors (Lipinski definition) is 1. The van der Waals surface area contributed by atoms with Gasteiger partial charge in [-0.05, 0) is 48.2 Å². The summed E-state index contributed by atoms with van der Waals surface area (Å²) in [7, 11) is 0. The smallest absolute Gasteiger partial charge is 0.225 e. The summed E-state index contributed by atoms with van der Waals surface area (Å²) in [5.74, 6) is 1.43. The number of amides is 1. The van der Waals surface area contributed by atoms with E-state index in [-0.39, 0.29) is 0 Å². The molecule has 2 aliphatic rings. The maximum Gasteiger partial charge on any atom is 0.225 e. The average molecular weight is 287 g/mol. The highest BCUT2D eigenvalue weighted by Gasteiger charge is 2.34. The van der Waals surface area contributed by atoms with E-state index in [0.29, 0.717) is 23.5 Å². The highest BCUT2D eigenvalue weighted by Crippen LogP contribution is 2.32. The standard InChI is InChI=1S/C13H17N7O/c21-13(9-1-2-9)19-7-5-10(6-8-19)14-11-3-4-12-15-17-18-20(12)16-11/h3-4,9-10H,1-2,5-8H2,(H,14,16). The number of fused-ring (bicyclic) bond motifs is 1. The van der Waals surface area contributed by atoms with Crippen molar-refractivity contribution in [2.24, 2.45) is 5.92 Å². The third-order valence-electron chi connectivity index (χ3n) is 4.15. The van der Waals surface area contributed by atoms with E-state index in [4.69, 9.17) is 0 Å². The predicted octanol–water partition coefficient (Wildman–Crippen LogP) is 0.332. The van der Waals surface area contributed by atoms with Gasteiger partial charge in [0.05, 0.1) is 0 Å². The number of nitrogens with zero attached hydrogens (tertiary/aromatic N) is 6. The first kappa shape index (κ1) is 12.5. The number of rotatable bonds is 3. The van der Waals surface area contributed by atoms with E-state index in [1.54, 1.807) is 0 Å². The van der Waals surface area contributed by atoms with Crippen molar-refractivity contribution in [2.75, 3.05) is 18.4 Å². The quantitative estimate of drug-likeness (QED) is 0.875. The van der Waals surface area contributed by atoms with Gasteiger partial charge in [0.1, 0.15) is 5.82 Å². The number of tetrazole rings is 1. The number of anilines is 1. The molecule has 8 nitrogen and oxygen atoms in total. The van der Waals surface area contributed by atoms with E-state index in [0.717, 1.165) is 44.6 Å². The molecule has 1 N–H and O–H groups in total. The minimum atomic E-state index is 0.318. The molecule has 3 heterocycles. The van der Waals surface area contributed by atoms with Crippen molar-refractivity contribution in [1.82, 2.24) is 30.2 Å². The van der Waals surface area contributed by atoms with E-state index < -0.39 is 0 Å². The molecule has 0 aromatic carbocycles. The highest BCUT2D eigenvalue weighted by molar-refractivity contribution is 5.81. The Labute approximate surface area is 121 Å². The number of aromatic nitrogens is 5. The molecule has 1 aliphatic carbocycles. The monoisotopic (exact) mass is 287 g/mol. The van der Waals surface area contributed by atoms with Gasteiger partial charge in [-0.1, -0.05) is 0 Å². The fourth-order valence-electron chi connectivity index (χ4n) is 2.77. The van der Waals surface area contributed by atoms with Crippen molar-refractivity contribution in [2.45, 2.75) is 31.7 Å². The van der Waals surface area contributed by atoms with Gasteiger partial charge < -0.3 is 10.2 Å². The van der Waals surface area contributed by atoms with E-state index in [2.05, 4.69) is 25.9 Å². The Morgan fingerprint density at radius 1 is 1.19 bits per heavy atom. The Morgan fingerprint density at radius 2 is 2.00 bits per heavy atom. The van der Waals surface area contributed by atoms with Gasteiger partial charge in [0, 0.05) is 25.0 Å². The van der Waals surface area contributed by atoms with Crippen LogP contribution in [0.5, 0.6) is 0 Å². The maximum atomic E-state index is 12.0. The lowest BCUT2D eigenvalue weighted by atomic mass is 10.0. The van der Waals surface area contributed by atoms with Crippen LogP contribution in [0.3, 0.4) is 0 Å². The van der Waals surface area contributed by atoms with Crippen molar-refractivity contribution in [3.63, 3.8) is 0 Å². The summed E-state index contributed by atoms with van der Waals surface area (Å²) >= 11 is 0. The molecule has 8 heteroatoms. The molecule has 21 heavy (non-hydrogen) atoms. The van der Waals surface area contributed by atoms with Gasteiger partial charge in [0.15, 0.2) is 5.65 Å². The molecule has 4 rings (SSSR count). The van der Waals surface area contributed by atoms with E-state index >= 15 is 0 Å². The second-order valence-corrected chi connectivity index (χ2v) is 5.76. The van der Waals surface area contributed by atoms with Crippen LogP contribution in [-0.4, -0.2) is 55.2 Å². The van der Waals surface area contributed by atoms with Crippen molar-refractivity contribution in [3.8, 4) is 0 Å². The minimum absolute atomic E-state index is 0.318. The first-order valence-corrected chi connectivity index (χ1v) is 7.40. The summed E-state index contributed by atoms with van der Waals surface area (Å²) < 4.78 is 1.41. The first-order valence-electron chi connectivity index (χ1n) is 7.40. The van der Waals surface area contributed by atoms with Crippen LogP contribution in [0.2, 0.25) is 0 Å². The molecule has 1 saturated carbocycles. The topological polar surface area (TPSA) is 88.3 Å². The number of piperidine rings is 1. The Bertz CT molecular complexity index is 657. The summed E-state index contributed by atoms with van der Waals surface area (Å²) in [6.07, 6.45) is 4.06. The predicted molar refractivity (Wildman–Crippen MR) is 74.5 cm³/mol. The maximum absolute atomic E-state index is 12.0. The molecule has 0 bridgehead atoms. The molecular formula is C13H17N7O. The van der Waals surface area contributed by atoms with Crippen LogP contribution in [0.1, 0.15) is 25.7 Å². The third kappa shape index (κ3) is 2.53. The number of hydrogen-bond acceptors (Lipinski definition) is 6. The number of nitrogens with one attached hydrogen (secondary N) is 1. The van der Waals surface area contributed by atoms with Gasteiger partial charge in [0.25, 0.3) is 0 Å². The van der Waals surface area contributed by atoms with Crippen molar-refractivity contribution >= 4 is 17.4 Å². The molecule has 1 amide bonds. The fraction of sp³-hybridized carbons (Fsp3) is 0.615. The van der Waals surface area contributed by atoms with Crippen LogP contribution in [0.15, 0.2) is 12.1 Å². The minimum Gasteiger partial charge on any atom is -0.366 e. The molecule has 0 radical (unpaired) electrons. The van der Waals surface area contributed by atoms with Crippen LogP contribution in [0.4, 0.5) is 5.82 Å². The highest BCUT2D eigenvalue weighted by atomic mass is 16.2. The van der Waals surface area contributed by atoms with Gasteiger partial charge in [0.2, 0.25) is 5.91 Å². The van der Waals surface area contributed by atoms with Gasteiger partial charge in [-0.3, -0.25) is 4.79 Å². The SMILES string of the molecule is O=C(C1CC1)N1CCC(Nc2ccc3nnnn3n2)CC1. The van der Waals surface area contributed by atoms with Gasteiger partial charge in [-0.25, -0.2) is 0 Å². The van der Waals surface area contributed by atoms with Gasteiger partial charge >= 0.3 is 0 Å². The normalized spacial score (nSPS) is 19.9. The summed E-state index contributed by atoms with van der Waals surface area (Å²) in [5.41, 5.74) is 0.630. The third-order valence-corrected chi connectivity index (χ3v) is 4.15. The second-order valence-electron chi connectivity index (χ2n) is 5.76. The van der Waals surface area contributed by atoms with Crippen LogP contribution < -0.4 is 5.32 Å². The Balaban J connectivity index is 1.36. The van der Waals surface area contributed by atoms with E-state index in [1.165, 1.54) is 4.63 Å². The van der Waals surface area contributed by atoms with E-state index in [9.17, 15) is 4.79 Å². The fourth-order valence-corrected chi connectivity index (χ4v) is 2.77. The second kappa shape index (κ2) is 4.94. The van der Waals surface area contributed by atoms with E-state index in [1.807, 2.05) is 17.0 Å². The average Bonchev–Trinajstić information content (AvgIpc) is 3.26. The Morgan fingerprint density at radius 3 is 2.76 bits per heavy atom. The molecule has 0 spiro atoms. The molecule has 1 aliphatic heterocycles. The van der Waals surface area contributed by atoms with Crippen molar-refractivity contribution < 1.29 is 4.79 Å². The van der Waals surface area contributed by atoms with Crippen LogP contribution in [-0.2, 0) is 4.79 Å². The summed E-state index contributed by atoms with van der Waals surface area (Å²) in [5, 5.41) is 18.9. The lowest BCUT2D eigenvalue weighted by molar-refractivity contribution is -0.133.